The van der Waals surface area contributed by atoms with Gasteiger partial charge in [0.05, 0.1) is 5.75 Å². The van der Waals surface area contributed by atoms with Gasteiger partial charge in [0.2, 0.25) is 4.96 Å². The molecule has 0 atom stereocenters. The Balaban J connectivity index is 1.44. The van der Waals surface area contributed by atoms with Gasteiger partial charge in [-0.25, -0.2) is 0 Å². The van der Waals surface area contributed by atoms with Crippen LogP contribution in [0.2, 0.25) is 0 Å². The smallest absolute Gasteiger partial charge is 0.234 e. The van der Waals surface area contributed by atoms with E-state index in [-0.39, 0.29) is 0 Å². The Morgan fingerprint density at radius 1 is 1.08 bits per heavy atom. The van der Waals surface area contributed by atoms with Crippen molar-refractivity contribution in [3.8, 4) is 5.75 Å². The first kappa shape index (κ1) is 16.1. The van der Waals surface area contributed by atoms with Crippen LogP contribution in [0, 0.1) is 6.92 Å². The van der Waals surface area contributed by atoms with Gasteiger partial charge in [-0.2, -0.15) is 9.61 Å². The second-order valence-electron chi connectivity index (χ2n) is 5.51. The predicted octanol–water partition coefficient (Wildman–Crippen LogP) is 4.37. The van der Waals surface area contributed by atoms with E-state index in [1.54, 1.807) is 11.8 Å². The van der Waals surface area contributed by atoms with Gasteiger partial charge in [0.25, 0.3) is 0 Å². The molecule has 4 rings (SSSR count). The fraction of sp³-hybridized carbons (Fsp3) is 0.167. The Kier molecular flexibility index (Phi) is 4.67. The highest BCUT2D eigenvalue weighted by molar-refractivity contribution is 7.98. The number of benzene rings is 2. The van der Waals surface area contributed by atoms with E-state index in [0.29, 0.717) is 6.61 Å². The van der Waals surface area contributed by atoms with Crippen LogP contribution in [0.3, 0.4) is 0 Å². The summed E-state index contributed by atoms with van der Waals surface area (Å²) in [5, 5.41) is 13.9. The Morgan fingerprint density at radius 3 is 2.80 bits per heavy atom. The minimum atomic E-state index is 0.433. The summed E-state index contributed by atoms with van der Waals surface area (Å²) in [5.41, 5.74) is 1.18. The number of nitrogens with zero attached hydrogens (tertiary/aromatic N) is 4. The molecular formula is C18H16N4OS2. The van der Waals surface area contributed by atoms with Gasteiger partial charge in [-0.1, -0.05) is 41.7 Å². The molecule has 2 aromatic carbocycles. The molecule has 0 saturated carbocycles. The molecule has 0 aliphatic carbocycles. The number of aryl methyl sites for hydroxylation is 1. The number of aromatic nitrogens is 4. The SMILES string of the molecule is Cc1cccc(OCc2nn3c(CSc4ccccc4)nnc3s2)c1. The zero-order valence-electron chi connectivity index (χ0n) is 13.6. The number of rotatable bonds is 6. The van der Waals surface area contributed by atoms with Crippen molar-refractivity contribution in [3.63, 3.8) is 0 Å². The van der Waals surface area contributed by atoms with Gasteiger partial charge in [-0.05, 0) is 36.8 Å². The number of hydrogen-bond donors (Lipinski definition) is 0. The van der Waals surface area contributed by atoms with Crippen LogP contribution in [0.25, 0.3) is 4.96 Å². The average Bonchev–Trinajstić information content (AvgIpc) is 3.20. The lowest BCUT2D eigenvalue weighted by Gasteiger charge is -2.04. The first-order valence-electron chi connectivity index (χ1n) is 7.85. The lowest BCUT2D eigenvalue weighted by atomic mass is 10.2. The molecule has 2 aromatic heterocycles. The minimum absolute atomic E-state index is 0.433. The first-order chi connectivity index (χ1) is 12.3. The van der Waals surface area contributed by atoms with Crippen molar-refractivity contribution in [1.29, 1.82) is 0 Å². The molecule has 2 heterocycles. The molecular weight excluding hydrogens is 352 g/mol. The molecule has 0 fully saturated rings. The second kappa shape index (κ2) is 7.25. The van der Waals surface area contributed by atoms with E-state index >= 15 is 0 Å². The Labute approximate surface area is 153 Å². The van der Waals surface area contributed by atoms with E-state index in [0.717, 1.165) is 27.3 Å². The number of hydrogen-bond acceptors (Lipinski definition) is 6. The highest BCUT2D eigenvalue weighted by Gasteiger charge is 2.12. The fourth-order valence-corrected chi connectivity index (χ4v) is 3.95. The maximum Gasteiger partial charge on any atom is 0.234 e. The van der Waals surface area contributed by atoms with Crippen molar-refractivity contribution < 1.29 is 4.74 Å². The predicted molar refractivity (Wildman–Crippen MR) is 100 cm³/mol. The van der Waals surface area contributed by atoms with Crippen LogP contribution in [0.1, 0.15) is 16.4 Å². The molecule has 0 radical (unpaired) electrons. The molecule has 0 saturated heterocycles. The second-order valence-corrected chi connectivity index (χ2v) is 7.60. The zero-order valence-corrected chi connectivity index (χ0v) is 15.3. The van der Waals surface area contributed by atoms with Crippen molar-refractivity contribution in [2.24, 2.45) is 0 Å². The molecule has 0 spiro atoms. The van der Waals surface area contributed by atoms with Crippen LogP contribution >= 0.6 is 23.1 Å². The largest absolute Gasteiger partial charge is 0.486 e. The molecule has 25 heavy (non-hydrogen) atoms. The van der Waals surface area contributed by atoms with Gasteiger partial charge in [0, 0.05) is 4.90 Å². The molecule has 0 aliphatic heterocycles. The highest BCUT2D eigenvalue weighted by Crippen LogP contribution is 2.23. The zero-order chi connectivity index (χ0) is 17.1. The molecule has 126 valence electrons. The van der Waals surface area contributed by atoms with E-state index in [9.17, 15) is 0 Å². The Morgan fingerprint density at radius 2 is 1.96 bits per heavy atom. The number of thioether (sulfide) groups is 1. The summed E-state index contributed by atoms with van der Waals surface area (Å²) in [5.74, 6) is 2.43. The Bertz CT molecular complexity index is 981. The summed E-state index contributed by atoms with van der Waals surface area (Å²) in [4.78, 5) is 2.00. The summed E-state index contributed by atoms with van der Waals surface area (Å²) in [6.07, 6.45) is 0. The summed E-state index contributed by atoms with van der Waals surface area (Å²) in [6, 6.07) is 18.3. The van der Waals surface area contributed by atoms with E-state index < -0.39 is 0 Å². The number of fused-ring (bicyclic) bond motifs is 1. The lowest BCUT2D eigenvalue weighted by Crippen LogP contribution is -1.98. The molecule has 4 aromatic rings. The molecule has 5 nitrogen and oxygen atoms in total. The van der Waals surface area contributed by atoms with Crippen LogP contribution in [0.15, 0.2) is 59.5 Å². The van der Waals surface area contributed by atoms with Gasteiger partial charge in [-0.15, -0.1) is 22.0 Å². The van der Waals surface area contributed by atoms with Crippen LogP contribution in [0.5, 0.6) is 5.75 Å². The van der Waals surface area contributed by atoms with E-state index in [4.69, 9.17) is 4.74 Å². The maximum atomic E-state index is 5.82. The van der Waals surface area contributed by atoms with Crippen LogP contribution in [-0.2, 0) is 12.4 Å². The summed E-state index contributed by atoms with van der Waals surface area (Å²) < 4.78 is 7.64. The van der Waals surface area contributed by atoms with E-state index in [1.165, 1.54) is 21.8 Å². The van der Waals surface area contributed by atoms with Crippen LogP contribution in [-0.4, -0.2) is 19.8 Å². The molecule has 0 bridgehead atoms. The monoisotopic (exact) mass is 368 g/mol. The van der Waals surface area contributed by atoms with Gasteiger partial charge >= 0.3 is 0 Å². The summed E-state index contributed by atoms with van der Waals surface area (Å²) in [7, 11) is 0. The van der Waals surface area contributed by atoms with Crippen LogP contribution in [0.4, 0.5) is 0 Å². The van der Waals surface area contributed by atoms with Crippen molar-refractivity contribution in [1.82, 2.24) is 19.8 Å². The third kappa shape index (κ3) is 3.83. The molecule has 0 N–H and O–H groups in total. The molecule has 7 heteroatoms. The number of ether oxygens (including phenoxy) is 1. The van der Waals surface area contributed by atoms with Crippen molar-refractivity contribution in [2.75, 3.05) is 0 Å². The van der Waals surface area contributed by atoms with Gasteiger partial charge in [0.1, 0.15) is 12.4 Å². The van der Waals surface area contributed by atoms with Gasteiger partial charge in [0.15, 0.2) is 10.8 Å². The van der Waals surface area contributed by atoms with Crippen LogP contribution < -0.4 is 4.74 Å². The Hall–Kier alpha value is -2.38. The van der Waals surface area contributed by atoms with Crippen molar-refractivity contribution >= 4 is 28.1 Å². The highest BCUT2D eigenvalue weighted by atomic mass is 32.2. The molecule has 0 unspecified atom stereocenters. The van der Waals surface area contributed by atoms with Gasteiger partial charge < -0.3 is 4.74 Å². The van der Waals surface area contributed by atoms with Gasteiger partial charge in [-0.3, -0.25) is 0 Å². The van der Waals surface area contributed by atoms with Crippen molar-refractivity contribution in [2.45, 2.75) is 24.2 Å². The normalized spacial score (nSPS) is 11.1. The minimum Gasteiger partial charge on any atom is -0.486 e. The topological polar surface area (TPSA) is 52.3 Å². The average molecular weight is 368 g/mol. The third-order valence-corrected chi connectivity index (χ3v) is 5.44. The standard InChI is InChI=1S/C18H16N4OS2/c1-13-6-5-7-14(10-13)23-11-17-21-22-16(19-20-18(22)25-17)12-24-15-8-3-2-4-9-15/h2-10H,11-12H2,1H3. The third-order valence-electron chi connectivity index (χ3n) is 3.56. The fourth-order valence-electron chi connectivity index (χ4n) is 2.36. The quantitative estimate of drug-likeness (QED) is 0.473. The first-order valence-corrected chi connectivity index (χ1v) is 9.65. The lowest BCUT2D eigenvalue weighted by molar-refractivity contribution is 0.304. The van der Waals surface area contributed by atoms with Crippen molar-refractivity contribution in [3.05, 3.63) is 71.0 Å². The molecule has 0 amide bonds. The summed E-state index contributed by atoms with van der Waals surface area (Å²) >= 11 is 3.23. The summed E-state index contributed by atoms with van der Waals surface area (Å²) in [6.45, 7) is 2.48. The van der Waals surface area contributed by atoms with E-state index in [1.807, 2.05) is 53.9 Å². The van der Waals surface area contributed by atoms with E-state index in [2.05, 4.69) is 27.4 Å². The maximum absolute atomic E-state index is 5.82. The molecule has 0 aliphatic rings.